The van der Waals surface area contributed by atoms with Gasteiger partial charge in [0.15, 0.2) is 0 Å². The number of fused-ring (bicyclic) bond motifs is 3. The summed E-state index contributed by atoms with van der Waals surface area (Å²) in [4.78, 5) is 40.6. The van der Waals surface area contributed by atoms with Gasteiger partial charge in [-0.2, -0.15) is 0 Å². The van der Waals surface area contributed by atoms with E-state index in [2.05, 4.69) is 10.3 Å². The number of benzene rings is 2. The number of carbonyl (C=O) groups excluding carboxylic acids is 1. The molecule has 0 aliphatic heterocycles. The van der Waals surface area contributed by atoms with Crippen molar-refractivity contribution in [1.29, 1.82) is 0 Å². The number of hydrogen-bond donors (Lipinski definition) is 3. The van der Waals surface area contributed by atoms with Crippen molar-refractivity contribution in [3.63, 3.8) is 0 Å². The Morgan fingerprint density at radius 1 is 0.973 bits per heavy atom. The van der Waals surface area contributed by atoms with Gasteiger partial charge in [0.25, 0.3) is 0 Å². The van der Waals surface area contributed by atoms with Crippen LogP contribution in [0, 0.1) is 27.7 Å². The van der Waals surface area contributed by atoms with Gasteiger partial charge in [0.1, 0.15) is 23.0 Å². The van der Waals surface area contributed by atoms with Gasteiger partial charge in [0.05, 0.1) is 0 Å². The fourth-order valence-corrected chi connectivity index (χ4v) is 5.01. The molecule has 0 spiro atoms. The van der Waals surface area contributed by atoms with Crippen molar-refractivity contribution in [2.75, 3.05) is 0 Å². The first-order chi connectivity index (χ1) is 17.7. The molecular weight excluding hydrogens is 472 g/mol. The van der Waals surface area contributed by atoms with Crippen molar-refractivity contribution in [3.05, 3.63) is 80.5 Å². The van der Waals surface area contributed by atoms with Crippen LogP contribution in [0.3, 0.4) is 0 Å². The Morgan fingerprint density at radius 3 is 2.43 bits per heavy atom. The first-order valence-corrected chi connectivity index (χ1v) is 12.2. The molecule has 3 heterocycles. The van der Waals surface area contributed by atoms with Crippen LogP contribution in [-0.4, -0.2) is 28.0 Å². The summed E-state index contributed by atoms with van der Waals surface area (Å²) in [6.07, 6.45) is 2.00. The molecule has 5 aromatic rings. The lowest BCUT2D eigenvalue weighted by Gasteiger charge is -2.15. The van der Waals surface area contributed by atoms with Crippen molar-refractivity contribution in [2.45, 2.75) is 53.0 Å². The number of amides is 1. The van der Waals surface area contributed by atoms with Crippen LogP contribution in [0.2, 0.25) is 0 Å². The van der Waals surface area contributed by atoms with Gasteiger partial charge in [-0.3, -0.25) is 4.79 Å². The van der Waals surface area contributed by atoms with Crippen LogP contribution in [0.15, 0.2) is 50.2 Å². The fourth-order valence-electron chi connectivity index (χ4n) is 5.01. The Hall–Kier alpha value is -4.33. The minimum Gasteiger partial charge on any atom is -0.480 e. The summed E-state index contributed by atoms with van der Waals surface area (Å²) in [6, 6.07) is 8.47. The molecule has 5 rings (SSSR count). The molecule has 0 aliphatic rings. The second-order valence-corrected chi connectivity index (χ2v) is 9.55. The molecule has 190 valence electrons. The van der Waals surface area contributed by atoms with E-state index in [-0.39, 0.29) is 19.3 Å². The number of aryl methyl sites for hydroxylation is 4. The van der Waals surface area contributed by atoms with Crippen LogP contribution in [0.25, 0.3) is 32.8 Å². The Bertz CT molecular complexity index is 1750. The number of carbonyl (C=O) groups is 2. The standard InChI is InChI=1S/C29H28N2O6/c1-14-17(4)36-26-16(3)27-22(12-21(14)26)15(2)19(29(35)37-27)9-10-25(32)31-24(28(33)34)11-18-13-30-23-8-6-5-7-20(18)23/h5-8,12-13,24,30H,9-11H2,1-4H3,(H,31,32)(H,33,34). The molecule has 0 aliphatic carbocycles. The quantitative estimate of drug-likeness (QED) is 0.270. The molecule has 8 nitrogen and oxygen atoms in total. The Kier molecular flexibility index (Phi) is 6.11. The van der Waals surface area contributed by atoms with Crippen LogP contribution >= 0.6 is 0 Å². The zero-order chi connectivity index (χ0) is 26.4. The predicted octanol–water partition coefficient (Wildman–Crippen LogP) is 5.00. The van der Waals surface area contributed by atoms with E-state index in [9.17, 15) is 19.5 Å². The van der Waals surface area contributed by atoms with Crippen LogP contribution in [0.4, 0.5) is 0 Å². The SMILES string of the molecule is Cc1oc2c(C)c3oc(=O)c(CCC(=O)NC(Cc4c[nH]c5ccccc45)C(=O)O)c(C)c3cc2c1C. The zero-order valence-corrected chi connectivity index (χ0v) is 21.2. The number of aliphatic carboxylic acids is 1. The number of carboxylic acids is 1. The Morgan fingerprint density at radius 2 is 1.68 bits per heavy atom. The highest BCUT2D eigenvalue weighted by Crippen LogP contribution is 2.34. The summed E-state index contributed by atoms with van der Waals surface area (Å²) in [5, 5.41) is 15.0. The molecule has 0 saturated carbocycles. The van der Waals surface area contributed by atoms with E-state index in [0.29, 0.717) is 16.7 Å². The van der Waals surface area contributed by atoms with E-state index in [1.165, 1.54) is 0 Å². The molecule has 8 heteroatoms. The van der Waals surface area contributed by atoms with Gasteiger partial charge in [-0.05, 0) is 62.9 Å². The van der Waals surface area contributed by atoms with Gasteiger partial charge >= 0.3 is 11.6 Å². The van der Waals surface area contributed by atoms with Crippen molar-refractivity contribution >= 4 is 44.7 Å². The lowest BCUT2D eigenvalue weighted by Crippen LogP contribution is -2.42. The largest absolute Gasteiger partial charge is 0.480 e. The molecule has 1 atom stereocenters. The summed E-state index contributed by atoms with van der Waals surface area (Å²) in [7, 11) is 0. The minimum absolute atomic E-state index is 0.0418. The molecule has 37 heavy (non-hydrogen) atoms. The number of rotatable bonds is 7. The second kappa shape index (κ2) is 9.28. The van der Waals surface area contributed by atoms with E-state index >= 15 is 0 Å². The maximum atomic E-state index is 12.9. The van der Waals surface area contributed by atoms with Gasteiger partial charge < -0.3 is 24.2 Å². The van der Waals surface area contributed by atoms with E-state index in [1.54, 1.807) is 6.20 Å². The second-order valence-electron chi connectivity index (χ2n) is 9.55. The summed E-state index contributed by atoms with van der Waals surface area (Å²) in [5.74, 6) is -0.754. The summed E-state index contributed by atoms with van der Waals surface area (Å²) in [6.45, 7) is 7.59. The van der Waals surface area contributed by atoms with Crippen molar-refractivity contribution in [3.8, 4) is 0 Å². The van der Waals surface area contributed by atoms with Crippen molar-refractivity contribution < 1.29 is 23.5 Å². The molecule has 0 bridgehead atoms. The van der Waals surface area contributed by atoms with Gasteiger partial charge in [-0.15, -0.1) is 0 Å². The highest BCUT2D eigenvalue weighted by Gasteiger charge is 2.23. The predicted molar refractivity (Wildman–Crippen MR) is 141 cm³/mol. The van der Waals surface area contributed by atoms with Crippen LogP contribution in [-0.2, 0) is 22.4 Å². The lowest BCUT2D eigenvalue weighted by atomic mass is 9.98. The molecule has 1 unspecified atom stereocenters. The third-order valence-electron chi connectivity index (χ3n) is 7.28. The van der Waals surface area contributed by atoms with Gasteiger partial charge in [-0.1, -0.05) is 18.2 Å². The third-order valence-corrected chi connectivity index (χ3v) is 7.28. The van der Waals surface area contributed by atoms with Gasteiger partial charge in [0.2, 0.25) is 5.91 Å². The first kappa shape index (κ1) is 24.4. The molecule has 3 aromatic heterocycles. The third kappa shape index (κ3) is 4.28. The number of aromatic amines is 1. The molecule has 3 N–H and O–H groups in total. The molecule has 1 amide bonds. The van der Waals surface area contributed by atoms with Crippen LogP contribution < -0.4 is 10.9 Å². The maximum absolute atomic E-state index is 12.9. The Labute approximate surface area is 212 Å². The first-order valence-electron chi connectivity index (χ1n) is 12.2. The van der Waals surface area contributed by atoms with Crippen molar-refractivity contribution in [1.82, 2.24) is 10.3 Å². The molecule has 2 aromatic carbocycles. The van der Waals surface area contributed by atoms with Crippen molar-refractivity contribution in [2.24, 2.45) is 0 Å². The Balaban J connectivity index is 1.37. The van der Waals surface area contributed by atoms with Gasteiger partial charge in [-0.25, -0.2) is 9.59 Å². The van der Waals surface area contributed by atoms with E-state index < -0.39 is 23.5 Å². The lowest BCUT2D eigenvalue weighted by molar-refractivity contribution is -0.141. The number of aromatic nitrogens is 1. The monoisotopic (exact) mass is 500 g/mol. The average molecular weight is 501 g/mol. The molecule has 0 saturated heterocycles. The zero-order valence-electron chi connectivity index (χ0n) is 21.2. The van der Waals surface area contributed by atoms with E-state index in [0.717, 1.165) is 49.7 Å². The highest BCUT2D eigenvalue weighted by molar-refractivity contribution is 6.00. The summed E-state index contributed by atoms with van der Waals surface area (Å²) >= 11 is 0. The van der Waals surface area contributed by atoms with E-state index in [4.69, 9.17) is 8.83 Å². The highest BCUT2D eigenvalue weighted by atomic mass is 16.4. The number of carboxylic acid groups (broad SMARTS) is 1. The number of para-hydroxylation sites is 1. The number of hydrogen-bond acceptors (Lipinski definition) is 5. The summed E-state index contributed by atoms with van der Waals surface area (Å²) in [5.41, 5.74) is 5.32. The number of H-pyrrole nitrogens is 1. The molecule has 0 fully saturated rings. The molecule has 0 radical (unpaired) electrons. The van der Waals surface area contributed by atoms with E-state index in [1.807, 2.05) is 58.0 Å². The minimum atomic E-state index is -1.12. The topological polar surface area (TPSA) is 126 Å². The van der Waals surface area contributed by atoms with Crippen LogP contribution in [0.1, 0.15) is 40.0 Å². The summed E-state index contributed by atoms with van der Waals surface area (Å²) < 4.78 is 11.6. The number of furan rings is 1. The normalized spacial score (nSPS) is 12.4. The average Bonchev–Trinajstić information content (AvgIpc) is 3.40. The smallest absolute Gasteiger partial charge is 0.339 e. The maximum Gasteiger partial charge on any atom is 0.339 e. The molecular formula is C29H28N2O6. The van der Waals surface area contributed by atoms with Gasteiger partial charge in [0, 0.05) is 51.8 Å². The van der Waals surface area contributed by atoms with Crippen LogP contribution in [0.5, 0.6) is 0 Å². The number of nitrogens with one attached hydrogen (secondary N) is 2. The fraction of sp³-hybridized carbons (Fsp3) is 0.276.